The second kappa shape index (κ2) is 6.95. The van der Waals surface area contributed by atoms with Crippen molar-refractivity contribution in [2.45, 2.75) is 6.42 Å². The Hall–Kier alpha value is -2.27. The second-order valence-corrected chi connectivity index (χ2v) is 4.72. The van der Waals surface area contributed by atoms with E-state index in [0.29, 0.717) is 16.4 Å². The Bertz CT molecular complexity index is 649. The smallest absolute Gasteiger partial charge is 0.227 e. The minimum atomic E-state index is -0.459. The van der Waals surface area contributed by atoms with E-state index < -0.39 is 5.82 Å². The van der Waals surface area contributed by atoms with Crippen LogP contribution in [-0.2, 0) is 4.79 Å². The first-order valence-electron chi connectivity index (χ1n) is 6.28. The molecular weight excluding hydrogens is 295 g/mol. The molecule has 6 heteroatoms. The molecule has 110 valence electrons. The first kappa shape index (κ1) is 15.1. The molecule has 21 heavy (non-hydrogen) atoms. The quantitative estimate of drug-likeness (QED) is 0.831. The monoisotopic (exact) mass is 308 g/mol. The number of ether oxygens (including phenoxy) is 1. The lowest BCUT2D eigenvalue weighted by atomic mass is 10.2. The molecule has 1 amide bonds. The minimum absolute atomic E-state index is 0.0688. The number of benzene rings is 2. The molecular formula is C15H14ClFN2O2. The number of carbonyl (C=O) groups is 1. The molecule has 0 aromatic heterocycles. The van der Waals surface area contributed by atoms with Crippen LogP contribution in [0.5, 0.6) is 5.75 Å². The molecule has 3 N–H and O–H groups in total. The SMILES string of the molecule is Nc1ccc(NC(=O)CCOc2ccccc2F)c(Cl)c1. The molecule has 0 saturated heterocycles. The Balaban J connectivity index is 1.84. The van der Waals surface area contributed by atoms with Gasteiger partial charge in [0.15, 0.2) is 11.6 Å². The van der Waals surface area contributed by atoms with Gasteiger partial charge < -0.3 is 15.8 Å². The number of rotatable bonds is 5. The summed E-state index contributed by atoms with van der Waals surface area (Å²) >= 11 is 5.95. The molecule has 0 spiro atoms. The molecule has 4 nitrogen and oxygen atoms in total. The number of halogens is 2. The Labute approximate surface area is 126 Å². The van der Waals surface area contributed by atoms with Crippen LogP contribution in [0.15, 0.2) is 42.5 Å². The van der Waals surface area contributed by atoms with Gasteiger partial charge in [-0.1, -0.05) is 23.7 Å². The van der Waals surface area contributed by atoms with Crippen LogP contribution in [0.1, 0.15) is 6.42 Å². The number of nitrogen functional groups attached to an aromatic ring is 1. The largest absolute Gasteiger partial charge is 0.490 e. The number of nitrogens with one attached hydrogen (secondary N) is 1. The predicted molar refractivity (Wildman–Crippen MR) is 81.0 cm³/mol. The Kier molecular flexibility index (Phi) is 5.00. The zero-order valence-corrected chi connectivity index (χ0v) is 11.9. The molecule has 0 atom stereocenters. The van der Waals surface area contributed by atoms with Crippen molar-refractivity contribution in [1.29, 1.82) is 0 Å². The van der Waals surface area contributed by atoms with Crippen molar-refractivity contribution in [3.05, 3.63) is 53.3 Å². The van der Waals surface area contributed by atoms with E-state index >= 15 is 0 Å². The molecule has 2 rings (SSSR count). The summed E-state index contributed by atoms with van der Waals surface area (Å²) in [6.45, 7) is 0.0688. The van der Waals surface area contributed by atoms with Gasteiger partial charge in [0, 0.05) is 5.69 Å². The number of anilines is 2. The summed E-state index contributed by atoms with van der Waals surface area (Å²) < 4.78 is 18.5. The standard InChI is InChI=1S/C15H14ClFN2O2/c16-11-9-10(18)5-6-13(11)19-15(20)7-8-21-14-4-2-1-3-12(14)17/h1-6,9H,7-8,18H2,(H,19,20). The van der Waals surface area contributed by atoms with Crippen LogP contribution in [0.2, 0.25) is 5.02 Å². The van der Waals surface area contributed by atoms with Gasteiger partial charge in [0.25, 0.3) is 0 Å². The number of nitrogens with two attached hydrogens (primary N) is 1. The summed E-state index contributed by atoms with van der Waals surface area (Å²) in [5.74, 6) is -0.617. The number of amides is 1. The topological polar surface area (TPSA) is 64.3 Å². The van der Waals surface area contributed by atoms with E-state index in [1.54, 1.807) is 30.3 Å². The molecule has 2 aromatic rings. The first-order chi connectivity index (χ1) is 10.1. The van der Waals surface area contributed by atoms with Crippen LogP contribution < -0.4 is 15.8 Å². The van der Waals surface area contributed by atoms with Crippen molar-refractivity contribution in [2.24, 2.45) is 0 Å². The number of para-hydroxylation sites is 1. The molecule has 0 aliphatic heterocycles. The maximum absolute atomic E-state index is 13.3. The lowest BCUT2D eigenvalue weighted by Crippen LogP contribution is -2.15. The highest BCUT2D eigenvalue weighted by Gasteiger charge is 2.07. The first-order valence-corrected chi connectivity index (χ1v) is 6.66. The Morgan fingerprint density at radius 1 is 1.29 bits per heavy atom. The fourth-order valence-corrected chi connectivity index (χ4v) is 1.90. The van der Waals surface area contributed by atoms with Crippen molar-refractivity contribution < 1.29 is 13.9 Å². The van der Waals surface area contributed by atoms with E-state index in [9.17, 15) is 9.18 Å². The predicted octanol–water partition coefficient (Wildman–Crippen LogP) is 3.47. The van der Waals surface area contributed by atoms with E-state index in [1.165, 1.54) is 12.1 Å². The second-order valence-electron chi connectivity index (χ2n) is 4.32. The van der Waals surface area contributed by atoms with Crippen LogP contribution in [0.3, 0.4) is 0 Å². The van der Waals surface area contributed by atoms with Crippen LogP contribution >= 0.6 is 11.6 Å². The van der Waals surface area contributed by atoms with Gasteiger partial charge in [0.2, 0.25) is 5.91 Å². The minimum Gasteiger partial charge on any atom is -0.490 e. The lowest BCUT2D eigenvalue weighted by Gasteiger charge is -2.09. The fraction of sp³-hybridized carbons (Fsp3) is 0.133. The highest BCUT2D eigenvalue weighted by molar-refractivity contribution is 6.34. The zero-order valence-electron chi connectivity index (χ0n) is 11.1. The summed E-state index contributed by atoms with van der Waals surface area (Å²) in [6, 6.07) is 10.8. The highest BCUT2D eigenvalue weighted by Crippen LogP contribution is 2.24. The van der Waals surface area contributed by atoms with Gasteiger partial charge in [-0.05, 0) is 30.3 Å². The fourth-order valence-electron chi connectivity index (χ4n) is 1.66. The molecule has 0 fully saturated rings. The Morgan fingerprint density at radius 3 is 2.76 bits per heavy atom. The average Bonchev–Trinajstić information content (AvgIpc) is 2.44. The van der Waals surface area contributed by atoms with Crippen LogP contribution in [0, 0.1) is 5.82 Å². The van der Waals surface area contributed by atoms with Gasteiger partial charge in [-0.3, -0.25) is 4.79 Å². The molecule has 0 heterocycles. The van der Waals surface area contributed by atoms with Gasteiger partial charge in [-0.2, -0.15) is 0 Å². The molecule has 0 unspecified atom stereocenters. The summed E-state index contributed by atoms with van der Waals surface area (Å²) in [7, 11) is 0. The lowest BCUT2D eigenvalue weighted by molar-refractivity contribution is -0.116. The van der Waals surface area contributed by atoms with Crippen molar-refractivity contribution in [2.75, 3.05) is 17.7 Å². The third-order valence-electron chi connectivity index (χ3n) is 2.69. The van der Waals surface area contributed by atoms with Gasteiger partial charge in [-0.25, -0.2) is 4.39 Å². The number of hydrogen-bond donors (Lipinski definition) is 2. The molecule has 2 aromatic carbocycles. The van der Waals surface area contributed by atoms with Gasteiger partial charge >= 0.3 is 0 Å². The third kappa shape index (κ3) is 4.36. The van der Waals surface area contributed by atoms with E-state index in [4.69, 9.17) is 22.1 Å². The molecule has 0 bridgehead atoms. The molecule has 0 aliphatic carbocycles. The summed E-state index contributed by atoms with van der Waals surface area (Å²) in [5.41, 5.74) is 6.55. The highest BCUT2D eigenvalue weighted by atomic mass is 35.5. The molecule has 0 radical (unpaired) electrons. The molecule has 0 saturated carbocycles. The van der Waals surface area contributed by atoms with Crippen LogP contribution in [0.4, 0.5) is 15.8 Å². The summed E-state index contributed by atoms with van der Waals surface area (Å²) in [4.78, 5) is 11.7. The van der Waals surface area contributed by atoms with Crippen molar-refractivity contribution >= 4 is 28.9 Å². The maximum atomic E-state index is 13.3. The van der Waals surface area contributed by atoms with Crippen LogP contribution in [-0.4, -0.2) is 12.5 Å². The van der Waals surface area contributed by atoms with E-state index in [2.05, 4.69) is 5.32 Å². The van der Waals surface area contributed by atoms with E-state index in [-0.39, 0.29) is 24.7 Å². The number of hydrogen-bond acceptors (Lipinski definition) is 3. The van der Waals surface area contributed by atoms with Gasteiger partial charge in [-0.15, -0.1) is 0 Å². The van der Waals surface area contributed by atoms with Crippen molar-refractivity contribution in [3.63, 3.8) is 0 Å². The summed E-state index contributed by atoms with van der Waals surface area (Å²) in [6.07, 6.45) is 0.0784. The Morgan fingerprint density at radius 2 is 2.05 bits per heavy atom. The third-order valence-corrected chi connectivity index (χ3v) is 3.00. The van der Waals surface area contributed by atoms with Crippen LogP contribution in [0.25, 0.3) is 0 Å². The maximum Gasteiger partial charge on any atom is 0.227 e. The van der Waals surface area contributed by atoms with Gasteiger partial charge in [0.1, 0.15) is 0 Å². The zero-order chi connectivity index (χ0) is 15.2. The summed E-state index contributed by atoms with van der Waals surface area (Å²) in [5, 5.41) is 3.00. The van der Waals surface area contributed by atoms with E-state index in [0.717, 1.165) is 0 Å². The van der Waals surface area contributed by atoms with Gasteiger partial charge in [0.05, 0.1) is 23.7 Å². The number of carbonyl (C=O) groups excluding carboxylic acids is 1. The average molecular weight is 309 g/mol. The normalized spacial score (nSPS) is 10.2. The van der Waals surface area contributed by atoms with Crippen molar-refractivity contribution in [1.82, 2.24) is 0 Å². The van der Waals surface area contributed by atoms with E-state index in [1.807, 2.05) is 0 Å². The molecule has 0 aliphatic rings. The van der Waals surface area contributed by atoms with Crippen molar-refractivity contribution in [3.8, 4) is 5.75 Å².